The van der Waals surface area contributed by atoms with Crippen molar-refractivity contribution < 1.29 is 13.9 Å². The Morgan fingerprint density at radius 1 is 1.39 bits per heavy atom. The standard InChI is InChI=1S/C17H25FN2O2.ClH/c1-19-8-5-13-6-9-20(10-7-13)17(21)12-14-3-4-16(22-2)15(18)11-14;/h3-4,11,13,19H,5-10,12H2,1-2H3;1H. The summed E-state index contributed by atoms with van der Waals surface area (Å²) in [4.78, 5) is 14.2. The number of nitrogens with one attached hydrogen (secondary N) is 1. The van der Waals surface area contributed by atoms with E-state index in [1.54, 1.807) is 12.1 Å². The number of carbonyl (C=O) groups is 1. The van der Waals surface area contributed by atoms with E-state index in [0.29, 0.717) is 11.5 Å². The number of rotatable bonds is 6. The second kappa shape index (κ2) is 9.73. The van der Waals surface area contributed by atoms with Crippen LogP contribution in [-0.2, 0) is 11.2 Å². The molecule has 1 N–H and O–H groups in total. The van der Waals surface area contributed by atoms with Gasteiger partial charge in [-0.25, -0.2) is 4.39 Å². The van der Waals surface area contributed by atoms with Crippen LogP contribution in [0.5, 0.6) is 5.75 Å². The van der Waals surface area contributed by atoms with Gasteiger partial charge in [-0.1, -0.05) is 6.07 Å². The Kier molecular flexibility index (Phi) is 8.34. The summed E-state index contributed by atoms with van der Waals surface area (Å²) in [5, 5.41) is 3.17. The van der Waals surface area contributed by atoms with Crippen LogP contribution in [0.3, 0.4) is 0 Å². The SMILES string of the molecule is CNCCC1CCN(C(=O)Cc2ccc(OC)c(F)c2)CC1.Cl. The first kappa shape index (κ1) is 19.7. The van der Waals surface area contributed by atoms with Crippen molar-refractivity contribution in [3.8, 4) is 5.75 Å². The highest BCUT2D eigenvalue weighted by molar-refractivity contribution is 5.85. The smallest absolute Gasteiger partial charge is 0.226 e. The van der Waals surface area contributed by atoms with Gasteiger partial charge in [-0.2, -0.15) is 0 Å². The summed E-state index contributed by atoms with van der Waals surface area (Å²) < 4.78 is 18.5. The van der Waals surface area contributed by atoms with Crippen LogP contribution in [0.1, 0.15) is 24.8 Å². The molecule has 0 aliphatic carbocycles. The molecule has 0 unspecified atom stereocenters. The van der Waals surface area contributed by atoms with Gasteiger partial charge in [0.1, 0.15) is 0 Å². The van der Waals surface area contributed by atoms with Crippen LogP contribution in [0, 0.1) is 11.7 Å². The zero-order valence-corrected chi connectivity index (χ0v) is 14.6. The molecule has 1 heterocycles. The van der Waals surface area contributed by atoms with E-state index in [2.05, 4.69) is 5.32 Å². The maximum absolute atomic E-state index is 13.7. The van der Waals surface area contributed by atoms with Crippen molar-refractivity contribution in [3.63, 3.8) is 0 Å². The zero-order valence-electron chi connectivity index (χ0n) is 13.8. The van der Waals surface area contributed by atoms with Gasteiger partial charge in [0.25, 0.3) is 0 Å². The zero-order chi connectivity index (χ0) is 15.9. The molecule has 1 saturated heterocycles. The quantitative estimate of drug-likeness (QED) is 0.862. The number of carbonyl (C=O) groups excluding carboxylic acids is 1. The summed E-state index contributed by atoms with van der Waals surface area (Å²) in [6.07, 6.45) is 3.54. The highest BCUT2D eigenvalue weighted by Gasteiger charge is 2.22. The second-order valence-corrected chi connectivity index (χ2v) is 5.86. The van der Waals surface area contributed by atoms with E-state index < -0.39 is 5.82 Å². The van der Waals surface area contributed by atoms with E-state index in [9.17, 15) is 9.18 Å². The molecule has 0 saturated carbocycles. The molecule has 1 aromatic carbocycles. The van der Waals surface area contributed by atoms with E-state index >= 15 is 0 Å². The van der Waals surface area contributed by atoms with E-state index in [1.807, 2.05) is 11.9 Å². The largest absolute Gasteiger partial charge is 0.494 e. The monoisotopic (exact) mass is 344 g/mol. The highest BCUT2D eigenvalue weighted by atomic mass is 35.5. The highest BCUT2D eigenvalue weighted by Crippen LogP contribution is 2.22. The van der Waals surface area contributed by atoms with Crippen LogP contribution in [0.2, 0.25) is 0 Å². The summed E-state index contributed by atoms with van der Waals surface area (Å²) in [6, 6.07) is 4.71. The van der Waals surface area contributed by atoms with Gasteiger partial charge in [-0.15, -0.1) is 12.4 Å². The van der Waals surface area contributed by atoms with E-state index in [1.165, 1.54) is 19.6 Å². The molecule has 1 aromatic rings. The second-order valence-electron chi connectivity index (χ2n) is 5.86. The number of methoxy groups -OCH3 is 1. The summed E-state index contributed by atoms with van der Waals surface area (Å²) in [5.41, 5.74) is 0.695. The van der Waals surface area contributed by atoms with Gasteiger partial charge >= 0.3 is 0 Å². The van der Waals surface area contributed by atoms with Gasteiger partial charge in [0.2, 0.25) is 5.91 Å². The predicted octanol–water partition coefficient (Wildman–Crippen LogP) is 2.65. The predicted molar refractivity (Wildman–Crippen MR) is 91.8 cm³/mol. The van der Waals surface area contributed by atoms with Gasteiger partial charge in [0.05, 0.1) is 13.5 Å². The molecule has 23 heavy (non-hydrogen) atoms. The average molecular weight is 345 g/mol. The first-order valence-electron chi connectivity index (χ1n) is 7.88. The number of nitrogens with zero attached hydrogens (tertiary/aromatic N) is 1. The normalized spacial score (nSPS) is 15.2. The van der Waals surface area contributed by atoms with Crippen LogP contribution >= 0.6 is 12.4 Å². The molecular formula is C17H26ClFN2O2. The molecule has 0 spiro atoms. The molecule has 2 rings (SSSR count). The summed E-state index contributed by atoms with van der Waals surface area (Å²) in [5.74, 6) is 0.576. The minimum atomic E-state index is -0.418. The lowest BCUT2D eigenvalue weighted by molar-refractivity contribution is -0.131. The van der Waals surface area contributed by atoms with Crippen molar-refractivity contribution in [2.24, 2.45) is 5.92 Å². The van der Waals surface area contributed by atoms with Crippen LogP contribution in [0.15, 0.2) is 18.2 Å². The van der Waals surface area contributed by atoms with Crippen molar-refractivity contribution in [2.45, 2.75) is 25.7 Å². The van der Waals surface area contributed by atoms with E-state index in [0.717, 1.165) is 32.5 Å². The summed E-state index contributed by atoms with van der Waals surface area (Å²) in [6.45, 7) is 2.65. The van der Waals surface area contributed by atoms with Crippen molar-refractivity contribution >= 4 is 18.3 Å². The molecular weight excluding hydrogens is 319 g/mol. The third-order valence-corrected chi connectivity index (χ3v) is 4.34. The van der Waals surface area contributed by atoms with Crippen molar-refractivity contribution in [2.75, 3.05) is 33.8 Å². The minimum absolute atomic E-state index is 0. The Bertz CT molecular complexity index is 505. The fraction of sp³-hybridized carbons (Fsp3) is 0.588. The number of halogens is 2. The number of benzene rings is 1. The van der Waals surface area contributed by atoms with Gasteiger partial charge in [0.15, 0.2) is 11.6 Å². The molecule has 0 radical (unpaired) electrons. The molecule has 1 aliphatic rings. The van der Waals surface area contributed by atoms with Gasteiger partial charge < -0.3 is 15.0 Å². The number of hydrogen-bond acceptors (Lipinski definition) is 3. The number of ether oxygens (including phenoxy) is 1. The Labute approximate surface area is 143 Å². The number of piperidine rings is 1. The lowest BCUT2D eigenvalue weighted by Crippen LogP contribution is -2.39. The first-order valence-corrected chi connectivity index (χ1v) is 7.88. The number of hydrogen-bond donors (Lipinski definition) is 1. The van der Waals surface area contributed by atoms with Gasteiger partial charge in [0, 0.05) is 13.1 Å². The Morgan fingerprint density at radius 2 is 2.09 bits per heavy atom. The fourth-order valence-corrected chi connectivity index (χ4v) is 2.93. The molecule has 0 atom stereocenters. The molecule has 6 heteroatoms. The molecule has 1 aliphatic heterocycles. The molecule has 0 bridgehead atoms. The number of likely N-dealkylation sites (tertiary alicyclic amines) is 1. The van der Waals surface area contributed by atoms with Crippen molar-refractivity contribution in [3.05, 3.63) is 29.6 Å². The molecule has 1 fully saturated rings. The van der Waals surface area contributed by atoms with Crippen LogP contribution in [-0.4, -0.2) is 44.6 Å². The lowest BCUT2D eigenvalue weighted by Gasteiger charge is -2.32. The third kappa shape index (κ3) is 5.66. The average Bonchev–Trinajstić information content (AvgIpc) is 2.53. The van der Waals surface area contributed by atoms with Gasteiger partial charge in [-0.3, -0.25) is 4.79 Å². The third-order valence-electron chi connectivity index (χ3n) is 4.34. The summed E-state index contributed by atoms with van der Waals surface area (Å²) in [7, 11) is 3.40. The van der Waals surface area contributed by atoms with Gasteiger partial charge in [-0.05, 0) is 56.5 Å². The molecule has 1 amide bonds. The maximum Gasteiger partial charge on any atom is 0.226 e. The van der Waals surface area contributed by atoms with Crippen LogP contribution in [0.25, 0.3) is 0 Å². The van der Waals surface area contributed by atoms with E-state index in [-0.39, 0.29) is 30.5 Å². The molecule has 4 nitrogen and oxygen atoms in total. The lowest BCUT2D eigenvalue weighted by atomic mass is 9.93. The maximum atomic E-state index is 13.7. The van der Waals surface area contributed by atoms with Crippen molar-refractivity contribution in [1.82, 2.24) is 10.2 Å². The Hall–Kier alpha value is -1.33. The molecule has 0 aromatic heterocycles. The fourth-order valence-electron chi connectivity index (χ4n) is 2.93. The van der Waals surface area contributed by atoms with E-state index in [4.69, 9.17) is 4.74 Å². The Balaban J connectivity index is 0.00000264. The van der Waals surface area contributed by atoms with Crippen molar-refractivity contribution in [1.29, 1.82) is 0 Å². The summed E-state index contributed by atoms with van der Waals surface area (Å²) >= 11 is 0. The van der Waals surface area contributed by atoms with Crippen LogP contribution < -0.4 is 10.1 Å². The topological polar surface area (TPSA) is 41.6 Å². The number of amides is 1. The Morgan fingerprint density at radius 3 is 2.65 bits per heavy atom. The van der Waals surface area contributed by atoms with Crippen LogP contribution in [0.4, 0.5) is 4.39 Å². The minimum Gasteiger partial charge on any atom is -0.494 e. The molecule has 130 valence electrons. The first-order chi connectivity index (χ1) is 10.6.